The lowest BCUT2D eigenvalue weighted by Gasteiger charge is -2.19. The Bertz CT molecular complexity index is 1100. The van der Waals surface area contributed by atoms with Gasteiger partial charge in [-0.3, -0.25) is 4.79 Å². The molecule has 0 bridgehead atoms. The summed E-state index contributed by atoms with van der Waals surface area (Å²) in [5.74, 6) is -0.0790. The second-order valence-corrected chi connectivity index (χ2v) is 17.5. The van der Waals surface area contributed by atoms with Crippen LogP contribution in [-0.4, -0.2) is 34.9 Å². The van der Waals surface area contributed by atoms with E-state index in [9.17, 15) is 15.0 Å². The smallest absolute Gasteiger partial charge is 0.220 e. The minimum Gasteiger partial charge on any atom is -0.394 e. The monoisotopic (exact) mass is 848 g/mol. The Balaban J connectivity index is 3.57. The van der Waals surface area contributed by atoms with Gasteiger partial charge in [-0.2, -0.15) is 0 Å². The summed E-state index contributed by atoms with van der Waals surface area (Å²) in [4.78, 5) is 12.4. The fraction of sp³-hybridized carbons (Fsp3) is 0.737. The molecule has 0 spiro atoms. The fourth-order valence-electron chi connectivity index (χ4n) is 7.61. The molecule has 0 aromatic carbocycles. The van der Waals surface area contributed by atoms with Crippen molar-refractivity contribution in [3.63, 3.8) is 0 Å². The molecule has 0 aliphatic carbocycles. The van der Waals surface area contributed by atoms with Crippen LogP contribution in [0.1, 0.15) is 251 Å². The Morgan fingerprint density at radius 2 is 0.738 bits per heavy atom. The van der Waals surface area contributed by atoms with E-state index in [4.69, 9.17) is 0 Å². The Hall–Kier alpha value is -2.43. The Morgan fingerprint density at radius 3 is 1.15 bits per heavy atom. The summed E-state index contributed by atoms with van der Waals surface area (Å²) in [7, 11) is 0. The molecular formula is C57H101NO3. The van der Waals surface area contributed by atoms with Crippen LogP contribution in [0.5, 0.6) is 0 Å². The van der Waals surface area contributed by atoms with Gasteiger partial charge in [-0.05, 0) is 83.5 Å². The van der Waals surface area contributed by atoms with Crippen LogP contribution in [0.25, 0.3) is 0 Å². The van der Waals surface area contributed by atoms with Gasteiger partial charge >= 0.3 is 0 Å². The lowest BCUT2D eigenvalue weighted by atomic mass is 10.0. The number of hydrogen-bond donors (Lipinski definition) is 3. The second-order valence-electron chi connectivity index (χ2n) is 17.5. The van der Waals surface area contributed by atoms with Gasteiger partial charge in [0, 0.05) is 6.42 Å². The van der Waals surface area contributed by atoms with Crippen LogP contribution in [-0.2, 0) is 4.79 Å². The van der Waals surface area contributed by atoms with Crippen molar-refractivity contribution in [2.24, 2.45) is 0 Å². The lowest BCUT2D eigenvalue weighted by molar-refractivity contribution is -0.123. The number of hydrogen-bond acceptors (Lipinski definition) is 3. The second kappa shape index (κ2) is 51.9. The molecule has 61 heavy (non-hydrogen) atoms. The van der Waals surface area contributed by atoms with Crippen molar-refractivity contribution >= 4 is 5.91 Å². The van der Waals surface area contributed by atoms with Crippen molar-refractivity contribution in [2.45, 2.75) is 264 Å². The van der Waals surface area contributed by atoms with Gasteiger partial charge in [-0.25, -0.2) is 0 Å². The maximum atomic E-state index is 12.4. The zero-order valence-corrected chi connectivity index (χ0v) is 40.4. The molecule has 2 unspecified atom stereocenters. The largest absolute Gasteiger partial charge is 0.394 e. The highest BCUT2D eigenvalue weighted by Gasteiger charge is 2.17. The molecule has 0 heterocycles. The molecule has 0 aromatic rings. The molecule has 4 nitrogen and oxygen atoms in total. The molecule has 1 amide bonds. The van der Waals surface area contributed by atoms with Crippen LogP contribution in [0.15, 0.2) is 85.1 Å². The average Bonchev–Trinajstić information content (AvgIpc) is 3.26. The zero-order chi connectivity index (χ0) is 44.2. The normalized spacial score (nSPS) is 13.6. The number of allylic oxidation sites excluding steroid dienone is 13. The van der Waals surface area contributed by atoms with Crippen molar-refractivity contribution in [3.05, 3.63) is 85.1 Å². The number of carbonyl (C=O) groups is 1. The average molecular weight is 848 g/mol. The van der Waals surface area contributed by atoms with E-state index >= 15 is 0 Å². The lowest BCUT2D eigenvalue weighted by Crippen LogP contribution is -2.45. The van der Waals surface area contributed by atoms with E-state index in [1.54, 1.807) is 6.08 Å². The molecular weight excluding hydrogens is 747 g/mol. The maximum absolute atomic E-state index is 12.4. The molecule has 0 rings (SSSR count). The number of aliphatic hydroxyl groups excluding tert-OH is 2. The predicted molar refractivity (Wildman–Crippen MR) is 271 cm³/mol. The SMILES string of the molecule is CC/C=C\C/C=C\C/C=C\C/C=C\CCCCCCCCCCCCCCCCCCC(=O)NC(CO)C(O)/C=C/CC/C=C/CC/C=C/CCCCCCCCCCCC. The van der Waals surface area contributed by atoms with E-state index in [2.05, 4.69) is 92.1 Å². The fourth-order valence-corrected chi connectivity index (χ4v) is 7.61. The first-order valence-corrected chi connectivity index (χ1v) is 26.3. The number of unbranched alkanes of at least 4 members (excludes halogenated alkanes) is 28. The van der Waals surface area contributed by atoms with Crippen LogP contribution in [0.3, 0.4) is 0 Å². The van der Waals surface area contributed by atoms with E-state index < -0.39 is 12.1 Å². The maximum Gasteiger partial charge on any atom is 0.220 e. The number of carbonyl (C=O) groups excluding carboxylic acids is 1. The Labute approximate surface area is 380 Å². The number of rotatable bonds is 47. The molecule has 2 atom stereocenters. The predicted octanol–water partition coefficient (Wildman–Crippen LogP) is 17.2. The van der Waals surface area contributed by atoms with Gasteiger partial charge in [-0.15, -0.1) is 0 Å². The molecule has 3 N–H and O–H groups in total. The standard InChI is InChI=1S/C57H101NO3/c1-3-5-7-9-11-13-15-17-19-21-23-25-26-27-28-29-30-31-32-33-35-37-39-41-43-45-47-49-51-53-57(61)58-55(54-59)56(60)52-50-48-46-44-42-40-38-36-34-24-22-20-18-16-14-12-10-8-6-4-2/h5,7,11,13,17,19,23,25,34,36,42,44,50,52,55-56,59-60H,3-4,6,8-10,12,14-16,18,20-22,24,26-33,35,37-41,43,45-49,51,53-54H2,1-2H3,(H,58,61)/b7-5-,13-11-,19-17-,25-23-,36-34+,44-42+,52-50+. The summed E-state index contributed by atoms with van der Waals surface area (Å²) in [5, 5.41) is 23.1. The van der Waals surface area contributed by atoms with Gasteiger partial charge in [0.1, 0.15) is 0 Å². The molecule has 0 aliphatic heterocycles. The van der Waals surface area contributed by atoms with Gasteiger partial charge in [0.05, 0.1) is 18.8 Å². The summed E-state index contributed by atoms with van der Waals surface area (Å²) < 4.78 is 0. The van der Waals surface area contributed by atoms with Crippen LogP contribution in [0, 0.1) is 0 Å². The van der Waals surface area contributed by atoms with Crippen LogP contribution in [0.4, 0.5) is 0 Å². The third-order valence-corrected chi connectivity index (χ3v) is 11.6. The van der Waals surface area contributed by atoms with Gasteiger partial charge in [0.15, 0.2) is 0 Å². The third-order valence-electron chi connectivity index (χ3n) is 11.6. The van der Waals surface area contributed by atoms with Crippen molar-refractivity contribution in [3.8, 4) is 0 Å². The van der Waals surface area contributed by atoms with Gasteiger partial charge in [0.2, 0.25) is 5.91 Å². The Morgan fingerprint density at radius 1 is 0.410 bits per heavy atom. The summed E-state index contributed by atoms with van der Waals surface area (Å²) in [6.07, 6.45) is 75.8. The van der Waals surface area contributed by atoms with Gasteiger partial charge in [0.25, 0.3) is 0 Å². The van der Waals surface area contributed by atoms with E-state index in [0.29, 0.717) is 6.42 Å². The molecule has 0 radical (unpaired) electrons. The van der Waals surface area contributed by atoms with Gasteiger partial charge < -0.3 is 15.5 Å². The molecule has 0 saturated heterocycles. The first-order valence-electron chi connectivity index (χ1n) is 26.3. The third kappa shape index (κ3) is 48.5. The van der Waals surface area contributed by atoms with Crippen molar-refractivity contribution in [1.82, 2.24) is 5.32 Å². The minimum atomic E-state index is -0.874. The van der Waals surface area contributed by atoms with Crippen LogP contribution < -0.4 is 5.32 Å². The van der Waals surface area contributed by atoms with Crippen molar-refractivity contribution in [1.29, 1.82) is 0 Å². The number of amides is 1. The van der Waals surface area contributed by atoms with Crippen LogP contribution in [0.2, 0.25) is 0 Å². The molecule has 4 heteroatoms. The van der Waals surface area contributed by atoms with Gasteiger partial charge in [-0.1, -0.05) is 247 Å². The first kappa shape index (κ1) is 58.6. The minimum absolute atomic E-state index is 0.0790. The molecule has 0 aliphatic rings. The van der Waals surface area contributed by atoms with E-state index in [1.807, 2.05) is 6.08 Å². The molecule has 0 saturated carbocycles. The first-order chi connectivity index (χ1) is 30.2. The van der Waals surface area contributed by atoms with Crippen molar-refractivity contribution < 1.29 is 15.0 Å². The Kier molecular flexibility index (Phi) is 49.8. The van der Waals surface area contributed by atoms with E-state index in [-0.39, 0.29) is 12.5 Å². The van der Waals surface area contributed by atoms with Crippen molar-refractivity contribution in [2.75, 3.05) is 6.61 Å². The highest BCUT2D eigenvalue weighted by atomic mass is 16.3. The molecule has 0 aromatic heterocycles. The molecule has 0 fully saturated rings. The topological polar surface area (TPSA) is 69.6 Å². The van der Waals surface area contributed by atoms with Crippen LogP contribution >= 0.6 is 0 Å². The highest BCUT2D eigenvalue weighted by Crippen LogP contribution is 2.15. The molecule has 352 valence electrons. The quantitative estimate of drug-likeness (QED) is 0.0422. The summed E-state index contributed by atoms with van der Waals surface area (Å²) >= 11 is 0. The zero-order valence-electron chi connectivity index (χ0n) is 40.4. The van der Waals surface area contributed by atoms with E-state index in [1.165, 1.54) is 167 Å². The van der Waals surface area contributed by atoms with E-state index in [0.717, 1.165) is 64.2 Å². The summed E-state index contributed by atoms with van der Waals surface area (Å²) in [6.45, 7) is 4.19. The number of nitrogens with one attached hydrogen (secondary N) is 1. The highest BCUT2D eigenvalue weighted by molar-refractivity contribution is 5.76. The summed E-state index contributed by atoms with van der Waals surface area (Å²) in [5.41, 5.74) is 0. The summed E-state index contributed by atoms with van der Waals surface area (Å²) in [6, 6.07) is -0.649. The number of aliphatic hydroxyl groups is 2.